The summed E-state index contributed by atoms with van der Waals surface area (Å²) < 4.78 is 0.931. The molecule has 1 aromatic carbocycles. The summed E-state index contributed by atoms with van der Waals surface area (Å²) in [4.78, 5) is 18.5. The Bertz CT molecular complexity index is 978. The summed E-state index contributed by atoms with van der Waals surface area (Å²) in [6, 6.07) is 5.85. The highest BCUT2D eigenvalue weighted by Gasteiger charge is 2.20. The van der Waals surface area contributed by atoms with E-state index < -0.39 is 0 Å². The molecule has 6 heteroatoms. The topological polar surface area (TPSA) is 68.0 Å². The Labute approximate surface area is 153 Å². The second kappa shape index (κ2) is 6.18. The van der Waals surface area contributed by atoms with E-state index in [9.17, 15) is 4.79 Å². The van der Waals surface area contributed by atoms with Gasteiger partial charge in [0.1, 0.15) is 9.71 Å². The van der Waals surface area contributed by atoms with Crippen molar-refractivity contribution >= 4 is 54.8 Å². The molecule has 0 radical (unpaired) electrons. The summed E-state index contributed by atoms with van der Waals surface area (Å²) in [5, 5.41) is 3.78. The monoisotopic (exact) mass is 403 g/mol. The number of rotatable bonds is 2. The van der Waals surface area contributed by atoms with Gasteiger partial charge in [0.15, 0.2) is 0 Å². The van der Waals surface area contributed by atoms with Crippen LogP contribution >= 0.6 is 27.3 Å². The summed E-state index contributed by atoms with van der Waals surface area (Å²) >= 11 is 4.86. The number of nitrogen functional groups attached to an aromatic ring is 1. The van der Waals surface area contributed by atoms with Crippen molar-refractivity contribution < 1.29 is 4.79 Å². The molecule has 24 heavy (non-hydrogen) atoms. The first-order chi connectivity index (χ1) is 11.3. The van der Waals surface area contributed by atoms with E-state index in [4.69, 9.17) is 5.73 Å². The van der Waals surface area contributed by atoms with E-state index in [2.05, 4.69) is 26.2 Å². The predicted molar refractivity (Wildman–Crippen MR) is 105 cm³/mol. The van der Waals surface area contributed by atoms with Crippen molar-refractivity contribution in [3.05, 3.63) is 49.9 Å². The minimum absolute atomic E-state index is 0.202. The maximum absolute atomic E-state index is 12.7. The summed E-state index contributed by atoms with van der Waals surface area (Å²) in [6.45, 7) is 7.97. The van der Waals surface area contributed by atoms with E-state index in [1.54, 1.807) is 0 Å². The number of halogens is 1. The smallest absolute Gasteiger partial charge is 0.267 e. The minimum Gasteiger partial charge on any atom is -0.397 e. The van der Waals surface area contributed by atoms with Crippen LogP contribution in [0.5, 0.6) is 0 Å². The standard InChI is InChI=1S/C18H18BrN3OS/c1-8-5-6-12(7-9(8)2)22-17(23)16-15(20)13-10(3)14(19)11(4)21-18(13)24-16/h5-7H,20H2,1-4H3,(H,22,23). The van der Waals surface area contributed by atoms with Gasteiger partial charge in [0.05, 0.1) is 11.4 Å². The Hall–Kier alpha value is -1.92. The Balaban J connectivity index is 2.02. The predicted octanol–water partition coefficient (Wildman–Crippen LogP) is 5.13. The number of carbonyl (C=O) groups is 1. The lowest BCUT2D eigenvalue weighted by atomic mass is 10.1. The number of aromatic nitrogens is 1. The van der Waals surface area contributed by atoms with E-state index in [0.29, 0.717) is 10.6 Å². The third-order valence-corrected chi connectivity index (χ3v) is 6.46. The van der Waals surface area contributed by atoms with Crippen LogP contribution in [0.2, 0.25) is 0 Å². The van der Waals surface area contributed by atoms with Crippen LogP contribution in [-0.4, -0.2) is 10.9 Å². The van der Waals surface area contributed by atoms with E-state index in [0.717, 1.165) is 37.2 Å². The Morgan fingerprint density at radius 1 is 1.21 bits per heavy atom. The average Bonchev–Trinajstić information content (AvgIpc) is 2.85. The quantitative estimate of drug-likeness (QED) is 0.623. The zero-order valence-electron chi connectivity index (χ0n) is 14.0. The first kappa shape index (κ1) is 16.9. The van der Waals surface area contributed by atoms with Gasteiger partial charge in [0.2, 0.25) is 0 Å². The lowest BCUT2D eigenvalue weighted by Gasteiger charge is -2.07. The van der Waals surface area contributed by atoms with Crippen LogP contribution in [0.25, 0.3) is 10.2 Å². The van der Waals surface area contributed by atoms with Crippen molar-refractivity contribution in [2.24, 2.45) is 0 Å². The number of nitrogens with two attached hydrogens (primary N) is 1. The van der Waals surface area contributed by atoms with Gasteiger partial charge >= 0.3 is 0 Å². The first-order valence-electron chi connectivity index (χ1n) is 7.53. The SMILES string of the molecule is Cc1ccc(NC(=O)c2sc3nc(C)c(Br)c(C)c3c2N)cc1C. The molecule has 3 N–H and O–H groups in total. The summed E-state index contributed by atoms with van der Waals surface area (Å²) in [7, 11) is 0. The molecule has 0 atom stereocenters. The summed E-state index contributed by atoms with van der Waals surface area (Å²) in [5.74, 6) is -0.202. The van der Waals surface area contributed by atoms with Crippen molar-refractivity contribution in [1.82, 2.24) is 4.98 Å². The van der Waals surface area contributed by atoms with Gasteiger partial charge in [-0.1, -0.05) is 6.07 Å². The zero-order chi connectivity index (χ0) is 17.6. The normalized spacial score (nSPS) is 11.0. The number of aryl methyl sites for hydroxylation is 4. The van der Waals surface area contributed by atoms with Crippen molar-refractivity contribution in [3.8, 4) is 0 Å². The Morgan fingerprint density at radius 2 is 1.92 bits per heavy atom. The van der Waals surface area contributed by atoms with E-state index in [1.165, 1.54) is 16.9 Å². The Morgan fingerprint density at radius 3 is 2.58 bits per heavy atom. The van der Waals surface area contributed by atoms with Gasteiger partial charge < -0.3 is 11.1 Å². The molecule has 0 saturated carbocycles. The number of pyridine rings is 1. The molecule has 0 unspecified atom stereocenters. The van der Waals surface area contributed by atoms with Crippen LogP contribution in [0.15, 0.2) is 22.7 Å². The number of thiophene rings is 1. The molecule has 2 aromatic heterocycles. The van der Waals surface area contributed by atoms with Crippen LogP contribution < -0.4 is 11.1 Å². The molecule has 0 aliphatic heterocycles. The molecule has 2 heterocycles. The highest BCUT2D eigenvalue weighted by molar-refractivity contribution is 9.10. The molecule has 0 aliphatic rings. The molecule has 0 saturated heterocycles. The number of hydrogen-bond acceptors (Lipinski definition) is 4. The van der Waals surface area contributed by atoms with Gasteiger partial charge in [-0.2, -0.15) is 0 Å². The lowest BCUT2D eigenvalue weighted by Crippen LogP contribution is -2.12. The summed E-state index contributed by atoms with van der Waals surface area (Å²) in [6.07, 6.45) is 0. The average molecular weight is 404 g/mol. The number of hydrogen-bond donors (Lipinski definition) is 2. The van der Waals surface area contributed by atoms with E-state index in [-0.39, 0.29) is 5.91 Å². The third kappa shape index (κ3) is 2.80. The molecule has 0 bridgehead atoms. The number of amides is 1. The van der Waals surface area contributed by atoms with E-state index in [1.807, 2.05) is 45.9 Å². The number of anilines is 2. The fourth-order valence-corrected chi connectivity index (χ4v) is 4.01. The number of carbonyl (C=O) groups excluding carboxylic acids is 1. The van der Waals surface area contributed by atoms with E-state index >= 15 is 0 Å². The molecular formula is C18H18BrN3OS. The highest BCUT2D eigenvalue weighted by atomic mass is 79.9. The molecule has 0 spiro atoms. The van der Waals surface area contributed by atoms with Crippen molar-refractivity contribution in [1.29, 1.82) is 0 Å². The zero-order valence-corrected chi connectivity index (χ0v) is 16.4. The number of fused-ring (bicyclic) bond motifs is 1. The van der Waals surface area contributed by atoms with Gasteiger partial charge in [0.25, 0.3) is 5.91 Å². The number of nitrogens with one attached hydrogen (secondary N) is 1. The van der Waals surface area contributed by atoms with Crippen LogP contribution in [0.4, 0.5) is 11.4 Å². The fraction of sp³-hybridized carbons (Fsp3) is 0.222. The number of nitrogens with zero attached hydrogens (tertiary/aromatic N) is 1. The molecule has 1 amide bonds. The molecule has 0 fully saturated rings. The number of benzene rings is 1. The molecule has 0 aliphatic carbocycles. The summed E-state index contributed by atoms with van der Waals surface area (Å²) in [5.41, 5.74) is 11.7. The van der Waals surface area contributed by atoms with Gasteiger partial charge in [-0.25, -0.2) is 4.98 Å². The van der Waals surface area contributed by atoms with Crippen molar-refractivity contribution in [2.75, 3.05) is 11.1 Å². The second-order valence-electron chi connectivity index (χ2n) is 5.91. The third-order valence-electron chi connectivity index (χ3n) is 4.19. The second-order valence-corrected chi connectivity index (χ2v) is 7.71. The first-order valence-corrected chi connectivity index (χ1v) is 9.13. The molecule has 3 aromatic rings. The van der Waals surface area contributed by atoms with Crippen molar-refractivity contribution in [2.45, 2.75) is 27.7 Å². The maximum Gasteiger partial charge on any atom is 0.267 e. The van der Waals surface area contributed by atoms with Crippen LogP contribution in [-0.2, 0) is 0 Å². The molecule has 3 rings (SSSR count). The molecule has 4 nitrogen and oxygen atoms in total. The molecule has 124 valence electrons. The lowest BCUT2D eigenvalue weighted by molar-refractivity contribution is 0.103. The van der Waals surface area contributed by atoms with Crippen molar-refractivity contribution in [3.63, 3.8) is 0 Å². The van der Waals surface area contributed by atoms with Crippen LogP contribution in [0, 0.1) is 27.7 Å². The molecular weight excluding hydrogens is 386 g/mol. The van der Waals surface area contributed by atoms with Gasteiger partial charge in [-0.05, 0) is 72.4 Å². The van der Waals surface area contributed by atoms with Crippen LogP contribution in [0.3, 0.4) is 0 Å². The largest absolute Gasteiger partial charge is 0.397 e. The van der Waals surface area contributed by atoms with Crippen LogP contribution in [0.1, 0.15) is 32.1 Å². The fourth-order valence-electron chi connectivity index (χ4n) is 2.63. The van der Waals surface area contributed by atoms with Gasteiger partial charge in [-0.15, -0.1) is 11.3 Å². The van der Waals surface area contributed by atoms with Gasteiger partial charge in [-0.3, -0.25) is 4.79 Å². The Kier molecular flexibility index (Phi) is 4.36. The maximum atomic E-state index is 12.7. The highest BCUT2D eigenvalue weighted by Crippen LogP contribution is 2.38. The van der Waals surface area contributed by atoms with Gasteiger partial charge in [0, 0.05) is 15.5 Å². The minimum atomic E-state index is -0.202.